The Balaban J connectivity index is 1.57. The van der Waals surface area contributed by atoms with Gasteiger partial charge in [-0.1, -0.05) is 30.3 Å². The van der Waals surface area contributed by atoms with Crippen molar-refractivity contribution >= 4 is 23.6 Å². The summed E-state index contributed by atoms with van der Waals surface area (Å²) in [5, 5.41) is 4.83. The smallest absolute Gasteiger partial charge is 0.199 e. The summed E-state index contributed by atoms with van der Waals surface area (Å²) in [4.78, 5) is 9.21. The molecule has 1 aromatic carbocycles. The summed E-state index contributed by atoms with van der Waals surface area (Å²) in [6.45, 7) is 4.62. The van der Waals surface area contributed by atoms with Crippen molar-refractivity contribution in [2.24, 2.45) is 7.05 Å². The van der Waals surface area contributed by atoms with Gasteiger partial charge in [-0.25, -0.2) is 4.68 Å². The Kier molecular flexibility index (Phi) is 6.52. The molecule has 7 heteroatoms. The summed E-state index contributed by atoms with van der Waals surface area (Å²) >= 11 is 7.55. The summed E-state index contributed by atoms with van der Waals surface area (Å²) in [5.41, 5.74) is 2.36. The van der Waals surface area contributed by atoms with E-state index in [4.69, 9.17) is 17.3 Å². The molecule has 0 radical (unpaired) electrons. The lowest BCUT2D eigenvalue weighted by atomic mass is 10.1. The Labute approximate surface area is 186 Å². The number of pyridine rings is 1. The molecule has 0 aliphatic carbocycles. The van der Waals surface area contributed by atoms with E-state index in [-0.39, 0.29) is 0 Å². The van der Waals surface area contributed by atoms with Gasteiger partial charge in [0.1, 0.15) is 0 Å². The summed E-state index contributed by atoms with van der Waals surface area (Å²) in [6.07, 6.45) is 4.55. The summed E-state index contributed by atoms with van der Waals surface area (Å²) < 4.78 is 4.61. The van der Waals surface area contributed by atoms with E-state index in [1.807, 2.05) is 39.8 Å². The van der Waals surface area contributed by atoms with E-state index in [9.17, 15) is 0 Å². The largest absolute Gasteiger partial charge is 0.303 e. The zero-order valence-electron chi connectivity index (χ0n) is 17.2. The Morgan fingerprint density at radius 3 is 2.50 bits per heavy atom. The number of aryl methyl sites for hydroxylation is 1. The lowest BCUT2D eigenvalue weighted by molar-refractivity contribution is 0.201. The van der Waals surface area contributed by atoms with Crippen molar-refractivity contribution in [2.45, 2.75) is 26.6 Å². The SMILES string of the molecule is Cc1ccc(CN(CCc2ccccc2)Cn2nc(-c3ccncc3)n(C)c2=S)s1. The fraction of sp³-hybridized carbons (Fsp3) is 0.261. The first-order valence-electron chi connectivity index (χ1n) is 9.96. The van der Waals surface area contributed by atoms with E-state index in [1.165, 1.54) is 15.3 Å². The molecule has 0 aliphatic rings. The van der Waals surface area contributed by atoms with E-state index in [0.717, 1.165) is 30.9 Å². The van der Waals surface area contributed by atoms with Crippen LogP contribution in [0.2, 0.25) is 0 Å². The van der Waals surface area contributed by atoms with Crippen LogP contribution in [0.1, 0.15) is 15.3 Å². The molecule has 4 aromatic rings. The molecule has 0 spiro atoms. The predicted octanol–water partition coefficient (Wildman–Crippen LogP) is 5.09. The van der Waals surface area contributed by atoms with Gasteiger partial charge in [-0.05, 0) is 55.4 Å². The molecule has 0 atom stereocenters. The molecular weight excluding hydrogens is 410 g/mol. The number of hydrogen-bond acceptors (Lipinski definition) is 5. The molecule has 0 aliphatic heterocycles. The minimum atomic E-state index is 0.654. The van der Waals surface area contributed by atoms with Crippen molar-refractivity contribution in [3.05, 3.63) is 87.1 Å². The maximum atomic E-state index is 5.70. The fourth-order valence-electron chi connectivity index (χ4n) is 3.44. The molecule has 0 bridgehead atoms. The van der Waals surface area contributed by atoms with Gasteiger partial charge < -0.3 is 4.57 Å². The Bertz CT molecular complexity index is 1150. The average molecular weight is 436 g/mol. The molecule has 154 valence electrons. The van der Waals surface area contributed by atoms with Crippen LogP contribution in [0.15, 0.2) is 67.0 Å². The minimum absolute atomic E-state index is 0.654. The van der Waals surface area contributed by atoms with Gasteiger partial charge in [0.15, 0.2) is 10.6 Å². The lowest BCUT2D eigenvalue weighted by Gasteiger charge is -2.21. The van der Waals surface area contributed by atoms with Gasteiger partial charge in [0.25, 0.3) is 0 Å². The monoisotopic (exact) mass is 435 g/mol. The van der Waals surface area contributed by atoms with Crippen LogP contribution in [0.5, 0.6) is 0 Å². The van der Waals surface area contributed by atoms with Crippen LogP contribution >= 0.6 is 23.6 Å². The average Bonchev–Trinajstić information content (AvgIpc) is 3.31. The van der Waals surface area contributed by atoms with Crippen LogP contribution in [-0.4, -0.2) is 30.8 Å². The number of rotatable bonds is 8. The van der Waals surface area contributed by atoms with Gasteiger partial charge in [-0.3, -0.25) is 9.88 Å². The summed E-state index contributed by atoms with van der Waals surface area (Å²) in [6, 6.07) is 18.9. The molecule has 0 saturated heterocycles. The first-order valence-corrected chi connectivity index (χ1v) is 11.2. The third-order valence-corrected chi connectivity index (χ3v) is 6.52. The van der Waals surface area contributed by atoms with Crippen LogP contribution < -0.4 is 0 Å². The van der Waals surface area contributed by atoms with Crippen molar-refractivity contribution in [3.63, 3.8) is 0 Å². The molecule has 3 heterocycles. The van der Waals surface area contributed by atoms with Crippen molar-refractivity contribution in [1.82, 2.24) is 24.2 Å². The van der Waals surface area contributed by atoms with Crippen LogP contribution in [0, 0.1) is 11.7 Å². The predicted molar refractivity (Wildman–Crippen MR) is 125 cm³/mol. The van der Waals surface area contributed by atoms with Crippen LogP contribution in [0.25, 0.3) is 11.4 Å². The molecule has 5 nitrogen and oxygen atoms in total. The van der Waals surface area contributed by atoms with E-state index >= 15 is 0 Å². The van der Waals surface area contributed by atoms with Gasteiger partial charge >= 0.3 is 0 Å². The van der Waals surface area contributed by atoms with Gasteiger partial charge in [0.05, 0.1) is 6.67 Å². The Morgan fingerprint density at radius 2 is 1.80 bits per heavy atom. The second kappa shape index (κ2) is 9.47. The molecule has 4 rings (SSSR count). The minimum Gasteiger partial charge on any atom is -0.303 e. The maximum Gasteiger partial charge on any atom is 0.199 e. The van der Waals surface area contributed by atoms with Gasteiger partial charge in [0, 0.05) is 47.8 Å². The number of nitrogens with zero attached hydrogens (tertiary/aromatic N) is 5. The number of benzene rings is 1. The van der Waals surface area contributed by atoms with Crippen LogP contribution in [0.3, 0.4) is 0 Å². The quantitative estimate of drug-likeness (QED) is 0.362. The first kappa shape index (κ1) is 20.7. The third kappa shape index (κ3) is 4.92. The highest BCUT2D eigenvalue weighted by Crippen LogP contribution is 2.20. The van der Waals surface area contributed by atoms with Crippen molar-refractivity contribution in [1.29, 1.82) is 0 Å². The van der Waals surface area contributed by atoms with E-state index in [1.54, 1.807) is 12.4 Å². The highest BCUT2D eigenvalue weighted by Gasteiger charge is 2.14. The second-order valence-corrected chi connectivity index (χ2v) is 9.08. The molecule has 0 amide bonds. The zero-order chi connectivity index (χ0) is 20.9. The molecule has 30 heavy (non-hydrogen) atoms. The third-order valence-electron chi connectivity index (χ3n) is 5.05. The molecule has 0 unspecified atom stereocenters. The van der Waals surface area contributed by atoms with E-state index < -0.39 is 0 Å². The maximum absolute atomic E-state index is 5.70. The van der Waals surface area contributed by atoms with Gasteiger partial charge in [0.2, 0.25) is 0 Å². The highest BCUT2D eigenvalue weighted by atomic mass is 32.1. The Hall–Kier alpha value is -2.61. The topological polar surface area (TPSA) is 38.9 Å². The molecule has 0 N–H and O–H groups in total. The number of hydrogen-bond donors (Lipinski definition) is 0. The lowest BCUT2D eigenvalue weighted by Crippen LogP contribution is -2.28. The first-order chi connectivity index (χ1) is 14.6. The number of thiophene rings is 1. The van der Waals surface area contributed by atoms with Crippen molar-refractivity contribution in [2.75, 3.05) is 6.54 Å². The summed E-state index contributed by atoms with van der Waals surface area (Å²) in [5.74, 6) is 0.859. The molecular formula is C23H25N5S2. The zero-order valence-corrected chi connectivity index (χ0v) is 18.9. The second-order valence-electron chi connectivity index (χ2n) is 7.34. The summed E-state index contributed by atoms with van der Waals surface area (Å²) in [7, 11) is 1.97. The van der Waals surface area contributed by atoms with Gasteiger partial charge in [-0.15, -0.1) is 11.3 Å². The van der Waals surface area contributed by atoms with Crippen LogP contribution in [-0.2, 0) is 26.7 Å². The number of aromatic nitrogens is 4. The van der Waals surface area contributed by atoms with Gasteiger partial charge in [-0.2, -0.15) is 5.10 Å². The highest BCUT2D eigenvalue weighted by molar-refractivity contribution is 7.71. The van der Waals surface area contributed by atoms with Crippen LogP contribution in [0.4, 0.5) is 0 Å². The molecule has 0 fully saturated rings. The normalized spacial score (nSPS) is 11.3. The van der Waals surface area contributed by atoms with E-state index in [0.29, 0.717) is 11.4 Å². The fourth-order valence-corrected chi connectivity index (χ4v) is 4.56. The van der Waals surface area contributed by atoms with Crippen molar-refractivity contribution in [3.8, 4) is 11.4 Å². The van der Waals surface area contributed by atoms with Crippen molar-refractivity contribution < 1.29 is 0 Å². The Morgan fingerprint density at radius 1 is 1.03 bits per heavy atom. The molecule has 0 saturated carbocycles. The van der Waals surface area contributed by atoms with E-state index in [2.05, 4.69) is 59.3 Å². The standard InChI is InChI=1S/C23H25N5S2/c1-18-8-9-21(30-18)16-27(15-12-19-6-4-3-5-7-19)17-28-23(29)26(2)22(25-28)20-10-13-24-14-11-20/h3-11,13-14H,12,15-17H2,1-2H3. The molecule has 3 aromatic heterocycles.